The summed E-state index contributed by atoms with van der Waals surface area (Å²) in [4.78, 5) is 13.4. The molecule has 0 amide bonds. The lowest BCUT2D eigenvalue weighted by molar-refractivity contribution is 1.11. The van der Waals surface area contributed by atoms with Crippen molar-refractivity contribution in [2.24, 2.45) is 0 Å². The highest BCUT2D eigenvalue weighted by Gasteiger charge is 2.22. The van der Waals surface area contributed by atoms with Gasteiger partial charge in [0.05, 0.1) is 5.52 Å². The van der Waals surface area contributed by atoms with Gasteiger partial charge in [0, 0.05) is 29.4 Å². The first kappa shape index (κ1) is 11.3. The molecule has 1 saturated carbocycles. The average molecular weight is 262 g/mol. The van der Waals surface area contributed by atoms with Crippen LogP contribution in [-0.2, 0) is 0 Å². The molecule has 0 bridgehead atoms. The number of rotatable bonds is 3. The van der Waals surface area contributed by atoms with Gasteiger partial charge in [0.15, 0.2) is 5.82 Å². The summed E-state index contributed by atoms with van der Waals surface area (Å²) >= 11 is 0. The van der Waals surface area contributed by atoms with E-state index in [1.54, 1.807) is 12.4 Å². The Morgan fingerprint density at radius 2 is 1.75 bits per heavy atom. The van der Waals surface area contributed by atoms with Gasteiger partial charge in [0.2, 0.25) is 0 Å². The molecule has 0 unspecified atom stereocenters. The topological polar surface area (TPSA) is 50.7 Å². The predicted molar refractivity (Wildman–Crippen MR) is 79.4 cm³/mol. The van der Waals surface area contributed by atoms with E-state index in [1.165, 1.54) is 12.8 Å². The molecule has 2 aromatic heterocycles. The number of benzene rings is 1. The number of nitrogens with one attached hydrogen (secondary N) is 1. The Morgan fingerprint density at radius 1 is 0.950 bits per heavy atom. The molecular formula is C16H14N4. The zero-order valence-electron chi connectivity index (χ0n) is 11.0. The Kier molecular flexibility index (Phi) is 2.59. The molecule has 1 N–H and O–H groups in total. The fraction of sp³-hybridized carbons (Fsp3) is 0.188. The summed E-state index contributed by atoms with van der Waals surface area (Å²) in [5, 5.41) is 4.58. The summed E-state index contributed by atoms with van der Waals surface area (Å²) in [6.45, 7) is 0. The zero-order valence-corrected chi connectivity index (χ0v) is 11.0. The van der Waals surface area contributed by atoms with Gasteiger partial charge in [-0.25, -0.2) is 9.97 Å². The van der Waals surface area contributed by atoms with Gasteiger partial charge < -0.3 is 5.32 Å². The number of fused-ring (bicyclic) bond motifs is 1. The van der Waals surface area contributed by atoms with E-state index in [0.29, 0.717) is 6.04 Å². The van der Waals surface area contributed by atoms with Gasteiger partial charge in [-0.15, -0.1) is 0 Å². The van der Waals surface area contributed by atoms with Crippen LogP contribution < -0.4 is 5.32 Å². The molecule has 0 atom stereocenters. The Balaban J connectivity index is 1.89. The molecule has 4 nitrogen and oxygen atoms in total. The molecule has 1 aromatic carbocycles. The van der Waals surface area contributed by atoms with Crippen LogP contribution >= 0.6 is 0 Å². The maximum Gasteiger partial charge on any atom is 0.162 e. The second-order valence-electron chi connectivity index (χ2n) is 5.07. The fourth-order valence-corrected chi connectivity index (χ4v) is 2.24. The lowest BCUT2D eigenvalue weighted by Crippen LogP contribution is -2.05. The minimum Gasteiger partial charge on any atom is -0.367 e. The second-order valence-corrected chi connectivity index (χ2v) is 5.07. The van der Waals surface area contributed by atoms with Crippen LogP contribution in [0.4, 0.5) is 5.82 Å². The maximum absolute atomic E-state index is 4.70. The normalized spacial score (nSPS) is 14.4. The molecule has 0 aliphatic heterocycles. The average Bonchev–Trinajstić information content (AvgIpc) is 3.32. The van der Waals surface area contributed by atoms with Crippen LogP contribution in [-0.4, -0.2) is 21.0 Å². The van der Waals surface area contributed by atoms with Gasteiger partial charge in [-0.2, -0.15) is 0 Å². The van der Waals surface area contributed by atoms with Crippen LogP contribution in [0, 0.1) is 0 Å². The van der Waals surface area contributed by atoms with Crippen molar-refractivity contribution < 1.29 is 0 Å². The Labute approximate surface area is 116 Å². The number of pyridine rings is 1. The quantitative estimate of drug-likeness (QED) is 0.787. The summed E-state index contributed by atoms with van der Waals surface area (Å²) in [7, 11) is 0. The van der Waals surface area contributed by atoms with Crippen molar-refractivity contribution in [2.45, 2.75) is 18.9 Å². The van der Waals surface area contributed by atoms with E-state index >= 15 is 0 Å². The first-order valence-electron chi connectivity index (χ1n) is 6.84. The number of hydrogen-bond donors (Lipinski definition) is 1. The highest BCUT2D eigenvalue weighted by molar-refractivity contribution is 5.90. The lowest BCUT2D eigenvalue weighted by atomic mass is 10.2. The molecule has 20 heavy (non-hydrogen) atoms. The first-order chi connectivity index (χ1) is 9.90. The van der Waals surface area contributed by atoms with E-state index in [1.807, 2.05) is 30.3 Å². The van der Waals surface area contributed by atoms with Crippen molar-refractivity contribution in [3.63, 3.8) is 0 Å². The summed E-state index contributed by atoms with van der Waals surface area (Å²) in [5.41, 5.74) is 1.96. The summed E-state index contributed by atoms with van der Waals surface area (Å²) in [6, 6.07) is 12.6. The minimum absolute atomic E-state index is 0.568. The maximum atomic E-state index is 4.70. The molecule has 4 rings (SSSR count). The number of aromatic nitrogens is 3. The third kappa shape index (κ3) is 2.09. The summed E-state index contributed by atoms with van der Waals surface area (Å²) in [6.07, 6.45) is 5.98. The van der Waals surface area contributed by atoms with Crippen molar-refractivity contribution in [3.05, 3.63) is 48.8 Å². The largest absolute Gasteiger partial charge is 0.367 e. The van der Waals surface area contributed by atoms with Gasteiger partial charge in [0.25, 0.3) is 0 Å². The van der Waals surface area contributed by atoms with Gasteiger partial charge >= 0.3 is 0 Å². The first-order valence-corrected chi connectivity index (χ1v) is 6.84. The molecule has 0 saturated heterocycles. The zero-order chi connectivity index (χ0) is 13.4. The Morgan fingerprint density at radius 3 is 2.55 bits per heavy atom. The van der Waals surface area contributed by atoms with Crippen molar-refractivity contribution in [1.82, 2.24) is 15.0 Å². The van der Waals surface area contributed by atoms with E-state index in [-0.39, 0.29) is 0 Å². The monoisotopic (exact) mass is 262 g/mol. The van der Waals surface area contributed by atoms with Crippen molar-refractivity contribution >= 4 is 16.7 Å². The lowest BCUT2D eigenvalue weighted by Gasteiger charge is -2.10. The van der Waals surface area contributed by atoms with Crippen LogP contribution in [0.3, 0.4) is 0 Å². The van der Waals surface area contributed by atoms with Crippen LogP contribution in [0.15, 0.2) is 48.8 Å². The smallest absolute Gasteiger partial charge is 0.162 e. The molecule has 2 heterocycles. The molecule has 1 fully saturated rings. The van der Waals surface area contributed by atoms with E-state index in [0.717, 1.165) is 28.1 Å². The van der Waals surface area contributed by atoms with Gasteiger partial charge in [-0.1, -0.05) is 12.1 Å². The van der Waals surface area contributed by atoms with Gasteiger partial charge in [-0.05, 0) is 37.1 Å². The minimum atomic E-state index is 0.568. The molecule has 1 aliphatic rings. The van der Waals surface area contributed by atoms with Crippen molar-refractivity contribution in [3.8, 4) is 11.4 Å². The van der Waals surface area contributed by atoms with Crippen molar-refractivity contribution in [2.75, 3.05) is 5.32 Å². The highest BCUT2D eigenvalue weighted by atomic mass is 15.1. The standard InChI is InChI=1S/C16H14N4/c1-2-4-14-13(3-1)16(18-12-5-6-12)20-15(19-14)11-7-9-17-10-8-11/h1-4,7-10,12H,5-6H2,(H,18,19,20). The molecule has 4 heteroatoms. The van der Waals surface area contributed by atoms with Crippen LogP contribution in [0.2, 0.25) is 0 Å². The van der Waals surface area contributed by atoms with Crippen molar-refractivity contribution in [1.29, 1.82) is 0 Å². The Hall–Kier alpha value is -2.49. The summed E-state index contributed by atoms with van der Waals surface area (Å²) in [5.74, 6) is 1.68. The SMILES string of the molecule is c1ccc2c(NC3CC3)nc(-c3ccncc3)nc2c1. The van der Waals surface area contributed by atoms with Gasteiger partial charge in [0.1, 0.15) is 5.82 Å². The van der Waals surface area contributed by atoms with Gasteiger partial charge in [-0.3, -0.25) is 4.98 Å². The molecule has 3 aromatic rings. The third-order valence-corrected chi connectivity index (χ3v) is 3.46. The van der Waals surface area contributed by atoms with E-state index in [9.17, 15) is 0 Å². The van der Waals surface area contributed by atoms with Crippen LogP contribution in [0.25, 0.3) is 22.3 Å². The molecular weight excluding hydrogens is 248 g/mol. The predicted octanol–water partition coefficient (Wildman–Crippen LogP) is 3.27. The molecule has 1 aliphatic carbocycles. The molecule has 98 valence electrons. The third-order valence-electron chi connectivity index (χ3n) is 3.46. The molecule has 0 spiro atoms. The molecule has 0 radical (unpaired) electrons. The highest BCUT2D eigenvalue weighted by Crippen LogP contribution is 2.29. The number of anilines is 1. The number of para-hydroxylation sites is 1. The summed E-state index contributed by atoms with van der Waals surface area (Å²) < 4.78 is 0. The van der Waals surface area contributed by atoms with E-state index in [2.05, 4.69) is 21.4 Å². The second kappa shape index (κ2) is 4.56. The number of nitrogens with zero attached hydrogens (tertiary/aromatic N) is 3. The Bertz CT molecular complexity index is 751. The fourth-order valence-electron chi connectivity index (χ4n) is 2.24. The van der Waals surface area contributed by atoms with Crippen LogP contribution in [0.1, 0.15) is 12.8 Å². The van der Waals surface area contributed by atoms with E-state index < -0.39 is 0 Å². The van der Waals surface area contributed by atoms with Crippen LogP contribution in [0.5, 0.6) is 0 Å². The van der Waals surface area contributed by atoms with E-state index in [4.69, 9.17) is 4.98 Å². The number of hydrogen-bond acceptors (Lipinski definition) is 4.